The number of carbonyl (C=O) groups excluding carboxylic acids is 2. The van der Waals surface area contributed by atoms with E-state index in [1.54, 1.807) is 4.90 Å². The fourth-order valence-corrected chi connectivity index (χ4v) is 4.18. The van der Waals surface area contributed by atoms with Crippen LogP contribution in [0, 0.1) is 0 Å². The summed E-state index contributed by atoms with van der Waals surface area (Å²) in [6, 6.07) is 9.86. The molecule has 23 heavy (non-hydrogen) atoms. The first-order valence-corrected chi connectivity index (χ1v) is 8.27. The Morgan fingerprint density at radius 2 is 1.96 bits per heavy atom. The second-order valence-corrected chi connectivity index (χ2v) is 6.67. The molecule has 2 aliphatic rings. The molecule has 2 fully saturated rings. The highest BCUT2D eigenvalue weighted by molar-refractivity contribution is 5.90. The van der Waals surface area contributed by atoms with Crippen molar-refractivity contribution in [3.8, 4) is 0 Å². The van der Waals surface area contributed by atoms with Crippen LogP contribution in [0.3, 0.4) is 0 Å². The first-order valence-electron chi connectivity index (χ1n) is 8.27. The molecule has 5 nitrogen and oxygen atoms in total. The average Bonchev–Trinajstić information content (AvgIpc) is 3.11. The summed E-state index contributed by atoms with van der Waals surface area (Å²) in [5.74, 6) is -0.290. The van der Waals surface area contributed by atoms with Crippen molar-refractivity contribution in [1.82, 2.24) is 4.90 Å². The Labute approximate surface area is 136 Å². The van der Waals surface area contributed by atoms with Crippen LogP contribution >= 0.6 is 0 Å². The molecule has 2 saturated heterocycles. The van der Waals surface area contributed by atoms with E-state index in [4.69, 9.17) is 10.5 Å². The summed E-state index contributed by atoms with van der Waals surface area (Å²) in [5, 5.41) is 0. The van der Waals surface area contributed by atoms with Crippen LogP contribution in [-0.2, 0) is 20.7 Å². The summed E-state index contributed by atoms with van der Waals surface area (Å²) in [7, 11) is 1.40. The number of rotatable bonds is 5. The van der Waals surface area contributed by atoms with Crippen LogP contribution in [0.2, 0.25) is 0 Å². The molecule has 0 spiro atoms. The molecule has 5 heteroatoms. The maximum absolute atomic E-state index is 12.8. The summed E-state index contributed by atoms with van der Waals surface area (Å²) in [5.41, 5.74) is 6.57. The van der Waals surface area contributed by atoms with Gasteiger partial charge in [0, 0.05) is 18.5 Å². The molecule has 1 unspecified atom stereocenters. The fourth-order valence-electron chi connectivity index (χ4n) is 4.18. The number of nitrogens with zero attached hydrogens (tertiary/aromatic N) is 1. The lowest BCUT2D eigenvalue weighted by atomic mass is 9.88. The Hall–Kier alpha value is -1.88. The molecule has 1 amide bonds. The van der Waals surface area contributed by atoms with Gasteiger partial charge in [0.25, 0.3) is 0 Å². The SMILES string of the molecule is COC(=O)C12CCC(CC1)N2C(=O)CC(N)Cc1ccccc1. The molecule has 3 rings (SSSR count). The number of hydrogen-bond donors (Lipinski definition) is 1. The third kappa shape index (κ3) is 2.85. The van der Waals surface area contributed by atoms with Gasteiger partial charge in [-0.1, -0.05) is 30.3 Å². The Bertz CT molecular complexity index is 579. The second-order valence-electron chi connectivity index (χ2n) is 6.67. The van der Waals surface area contributed by atoms with E-state index in [0.717, 1.165) is 18.4 Å². The third-order valence-corrected chi connectivity index (χ3v) is 5.22. The molecule has 2 bridgehead atoms. The standard InChI is InChI=1S/C18H24N2O3/c1-23-17(22)18-9-7-15(8-10-18)20(18)16(21)12-14(19)11-13-5-3-2-4-6-13/h2-6,14-15H,7-12,19H2,1H3. The molecule has 2 heterocycles. The summed E-state index contributed by atoms with van der Waals surface area (Å²) < 4.78 is 4.97. The number of carbonyl (C=O) groups is 2. The lowest BCUT2D eigenvalue weighted by Crippen LogP contribution is -2.52. The number of hydrogen-bond acceptors (Lipinski definition) is 4. The van der Waals surface area contributed by atoms with E-state index < -0.39 is 5.54 Å². The minimum absolute atomic E-state index is 0.0150. The maximum Gasteiger partial charge on any atom is 0.331 e. The van der Waals surface area contributed by atoms with Crippen LogP contribution in [-0.4, -0.2) is 41.5 Å². The van der Waals surface area contributed by atoms with Crippen molar-refractivity contribution < 1.29 is 14.3 Å². The average molecular weight is 316 g/mol. The summed E-state index contributed by atoms with van der Waals surface area (Å²) >= 11 is 0. The van der Waals surface area contributed by atoms with Gasteiger partial charge in [0.2, 0.25) is 5.91 Å². The van der Waals surface area contributed by atoms with Gasteiger partial charge in [-0.2, -0.15) is 0 Å². The molecule has 1 aromatic carbocycles. The number of methoxy groups -OCH3 is 1. The van der Waals surface area contributed by atoms with Gasteiger partial charge in [-0.05, 0) is 37.7 Å². The summed E-state index contributed by atoms with van der Waals surface area (Å²) in [4.78, 5) is 26.8. The Morgan fingerprint density at radius 3 is 2.57 bits per heavy atom. The molecule has 1 aromatic rings. The largest absolute Gasteiger partial charge is 0.467 e. The van der Waals surface area contributed by atoms with Crippen molar-refractivity contribution in [3.05, 3.63) is 35.9 Å². The van der Waals surface area contributed by atoms with Gasteiger partial charge in [0.05, 0.1) is 7.11 Å². The van der Waals surface area contributed by atoms with Crippen molar-refractivity contribution >= 4 is 11.9 Å². The number of ether oxygens (including phenoxy) is 1. The molecule has 1 atom stereocenters. The Kier molecular flexibility index (Phi) is 4.39. The van der Waals surface area contributed by atoms with Crippen LogP contribution in [0.25, 0.3) is 0 Å². The van der Waals surface area contributed by atoms with Crippen molar-refractivity contribution in [2.45, 2.75) is 56.1 Å². The number of nitrogens with two attached hydrogens (primary N) is 1. The van der Waals surface area contributed by atoms with Crippen LogP contribution in [0.1, 0.15) is 37.7 Å². The van der Waals surface area contributed by atoms with Gasteiger partial charge in [-0.3, -0.25) is 4.79 Å². The number of amides is 1. The van der Waals surface area contributed by atoms with E-state index in [1.807, 2.05) is 30.3 Å². The number of esters is 1. The van der Waals surface area contributed by atoms with Gasteiger partial charge >= 0.3 is 5.97 Å². The van der Waals surface area contributed by atoms with Crippen molar-refractivity contribution in [3.63, 3.8) is 0 Å². The molecule has 2 N–H and O–H groups in total. The zero-order valence-electron chi connectivity index (χ0n) is 13.5. The highest BCUT2D eigenvalue weighted by atomic mass is 16.5. The van der Waals surface area contributed by atoms with E-state index in [-0.39, 0.29) is 30.4 Å². The van der Waals surface area contributed by atoms with E-state index in [2.05, 4.69) is 0 Å². The highest BCUT2D eigenvalue weighted by Crippen LogP contribution is 2.47. The third-order valence-electron chi connectivity index (χ3n) is 5.22. The smallest absolute Gasteiger partial charge is 0.331 e. The number of fused-ring (bicyclic) bond motifs is 2. The lowest BCUT2D eigenvalue weighted by Gasteiger charge is -2.32. The monoisotopic (exact) mass is 316 g/mol. The van der Waals surface area contributed by atoms with Crippen molar-refractivity contribution in [1.29, 1.82) is 0 Å². The molecule has 0 saturated carbocycles. The lowest BCUT2D eigenvalue weighted by molar-refractivity contribution is -0.158. The first kappa shape index (κ1) is 16.0. The molecule has 0 aromatic heterocycles. The number of benzene rings is 1. The zero-order chi connectivity index (χ0) is 16.4. The van der Waals surface area contributed by atoms with Crippen LogP contribution in [0.4, 0.5) is 0 Å². The van der Waals surface area contributed by atoms with Gasteiger partial charge in [0.1, 0.15) is 5.54 Å². The van der Waals surface area contributed by atoms with Gasteiger partial charge in [-0.15, -0.1) is 0 Å². The Balaban J connectivity index is 1.67. The normalized spacial score (nSPS) is 27.0. The molecular weight excluding hydrogens is 292 g/mol. The van der Waals surface area contributed by atoms with E-state index >= 15 is 0 Å². The summed E-state index contributed by atoms with van der Waals surface area (Å²) in [6.07, 6.45) is 4.12. The molecule has 124 valence electrons. The topological polar surface area (TPSA) is 72.6 Å². The predicted molar refractivity (Wildman–Crippen MR) is 86.6 cm³/mol. The quantitative estimate of drug-likeness (QED) is 0.838. The fraction of sp³-hybridized carbons (Fsp3) is 0.556. The highest BCUT2D eigenvalue weighted by Gasteiger charge is 2.59. The van der Waals surface area contributed by atoms with Crippen LogP contribution in [0.15, 0.2) is 30.3 Å². The summed E-state index contributed by atoms with van der Waals surface area (Å²) in [6.45, 7) is 0. The van der Waals surface area contributed by atoms with E-state index in [9.17, 15) is 9.59 Å². The molecule has 0 aliphatic carbocycles. The van der Waals surface area contributed by atoms with E-state index in [0.29, 0.717) is 19.3 Å². The molecular formula is C18H24N2O3. The van der Waals surface area contributed by atoms with Crippen LogP contribution < -0.4 is 5.73 Å². The predicted octanol–water partition coefficient (Wildman–Crippen LogP) is 1.64. The minimum Gasteiger partial charge on any atom is -0.467 e. The minimum atomic E-state index is -0.733. The zero-order valence-corrected chi connectivity index (χ0v) is 13.5. The molecule has 0 radical (unpaired) electrons. The van der Waals surface area contributed by atoms with Crippen molar-refractivity contribution in [2.75, 3.05) is 7.11 Å². The Morgan fingerprint density at radius 1 is 1.30 bits per heavy atom. The van der Waals surface area contributed by atoms with Gasteiger partial charge in [-0.25, -0.2) is 4.79 Å². The maximum atomic E-state index is 12.8. The second kappa shape index (κ2) is 6.32. The van der Waals surface area contributed by atoms with Gasteiger partial charge in [0.15, 0.2) is 0 Å². The van der Waals surface area contributed by atoms with Crippen LogP contribution in [0.5, 0.6) is 0 Å². The van der Waals surface area contributed by atoms with E-state index in [1.165, 1.54) is 7.11 Å². The van der Waals surface area contributed by atoms with Crippen molar-refractivity contribution in [2.24, 2.45) is 5.73 Å². The molecule has 2 aliphatic heterocycles. The van der Waals surface area contributed by atoms with Gasteiger partial charge < -0.3 is 15.4 Å². The first-order chi connectivity index (χ1) is 11.1.